The Kier molecular flexibility index (Phi) is 5.71. The average Bonchev–Trinajstić information content (AvgIpc) is 2.88. The van der Waals surface area contributed by atoms with Gasteiger partial charge in [-0.25, -0.2) is 9.18 Å². The minimum absolute atomic E-state index is 0.0978. The first-order valence-electron chi connectivity index (χ1n) is 8.68. The van der Waals surface area contributed by atoms with Crippen molar-refractivity contribution in [1.82, 2.24) is 9.55 Å². The molecule has 0 spiro atoms. The van der Waals surface area contributed by atoms with Gasteiger partial charge in [0.05, 0.1) is 0 Å². The third kappa shape index (κ3) is 3.80. The van der Waals surface area contributed by atoms with Gasteiger partial charge in [0.15, 0.2) is 6.23 Å². The summed E-state index contributed by atoms with van der Waals surface area (Å²) in [6, 6.07) is 1.39. The van der Waals surface area contributed by atoms with Gasteiger partial charge in [-0.2, -0.15) is 4.98 Å². The summed E-state index contributed by atoms with van der Waals surface area (Å²) in [6.45, 7) is -0.856. The largest absolute Gasteiger partial charge is 0.473 e. The number of hydrogen-bond donors (Lipinski definition) is 3. The fourth-order valence-corrected chi connectivity index (χ4v) is 3.23. The van der Waals surface area contributed by atoms with Crippen molar-refractivity contribution in [3.05, 3.63) is 34.4 Å². The number of allylic oxidation sites excluding steroid dienone is 1. The lowest BCUT2D eigenvalue weighted by atomic mass is 9.95. The van der Waals surface area contributed by atoms with Crippen LogP contribution in [0, 0.1) is 0 Å². The first-order chi connectivity index (χ1) is 12.4. The second-order valence-corrected chi connectivity index (χ2v) is 6.58. The van der Waals surface area contributed by atoms with Gasteiger partial charge in [-0.1, -0.05) is 12.0 Å². The van der Waals surface area contributed by atoms with Crippen LogP contribution in [0.4, 0.5) is 4.39 Å². The molecule has 9 heteroatoms. The molecule has 0 radical (unpaired) electrons. The van der Waals surface area contributed by atoms with E-state index in [2.05, 4.69) is 4.98 Å². The van der Waals surface area contributed by atoms with Crippen LogP contribution in [0.25, 0.3) is 0 Å². The van der Waals surface area contributed by atoms with Crippen molar-refractivity contribution in [2.24, 2.45) is 0 Å². The van der Waals surface area contributed by atoms with Crippen molar-refractivity contribution in [3.8, 4) is 5.88 Å². The molecule has 144 valence electrons. The van der Waals surface area contributed by atoms with Gasteiger partial charge in [-0.3, -0.25) is 4.57 Å². The third-order valence-electron chi connectivity index (χ3n) is 4.77. The topological polar surface area (TPSA) is 114 Å². The first kappa shape index (κ1) is 19.0. The number of aliphatic hydroxyl groups excluding tert-OH is 3. The summed E-state index contributed by atoms with van der Waals surface area (Å²) in [7, 11) is 0. The summed E-state index contributed by atoms with van der Waals surface area (Å²) in [5.74, 6) is -2.74. The molecular weight excluding hydrogens is 347 g/mol. The molecular formula is C17H23FN2O6. The zero-order valence-corrected chi connectivity index (χ0v) is 14.3. The summed E-state index contributed by atoms with van der Waals surface area (Å²) in [5, 5.41) is 28.6. The van der Waals surface area contributed by atoms with Crippen LogP contribution in [0.3, 0.4) is 0 Å². The highest BCUT2D eigenvalue weighted by atomic mass is 19.2. The van der Waals surface area contributed by atoms with E-state index in [4.69, 9.17) is 14.6 Å². The van der Waals surface area contributed by atoms with Crippen LogP contribution in [-0.4, -0.2) is 56.1 Å². The van der Waals surface area contributed by atoms with Crippen LogP contribution in [0.15, 0.2) is 28.7 Å². The van der Waals surface area contributed by atoms with E-state index in [1.807, 2.05) is 6.08 Å². The third-order valence-corrected chi connectivity index (χ3v) is 4.77. The quantitative estimate of drug-likeness (QED) is 0.644. The van der Waals surface area contributed by atoms with Crippen LogP contribution in [0.5, 0.6) is 5.88 Å². The Bertz CT molecular complexity index is 715. The number of hydrogen-bond acceptors (Lipinski definition) is 7. The van der Waals surface area contributed by atoms with Gasteiger partial charge < -0.3 is 24.8 Å². The normalized spacial score (nSPS) is 31.8. The van der Waals surface area contributed by atoms with Crippen molar-refractivity contribution in [3.63, 3.8) is 0 Å². The lowest BCUT2D eigenvalue weighted by Gasteiger charge is -2.19. The molecule has 4 atom stereocenters. The highest BCUT2D eigenvalue weighted by Crippen LogP contribution is 2.37. The first-order valence-corrected chi connectivity index (χ1v) is 8.68. The van der Waals surface area contributed by atoms with E-state index in [1.54, 1.807) is 0 Å². The molecule has 8 nitrogen and oxygen atoms in total. The number of ether oxygens (including phenoxy) is 2. The highest BCUT2D eigenvalue weighted by molar-refractivity contribution is 5.10. The molecule has 2 aliphatic rings. The van der Waals surface area contributed by atoms with Gasteiger partial charge in [-0.05, 0) is 31.8 Å². The van der Waals surface area contributed by atoms with Crippen molar-refractivity contribution >= 4 is 0 Å². The van der Waals surface area contributed by atoms with Crippen molar-refractivity contribution in [2.75, 3.05) is 13.2 Å². The molecule has 1 aromatic rings. The Morgan fingerprint density at radius 2 is 2.12 bits per heavy atom. The second kappa shape index (κ2) is 7.83. The van der Waals surface area contributed by atoms with Crippen molar-refractivity contribution in [1.29, 1.82) is 0 Å². The lowest BCUT2D eigenvalue weighted by Crippen LogP contribution is -2.42. The average molecular weight is 370 g/mol. The minimum Gasteiger partial charge on any atom is -0.473 e. The van der Waals surface area contributed by atoms with Crippen molar-refractivity contribution in [2.45, 2.75) is 56.4 Å². The molecule has 2 heterocycles. The Morgan fingerprint density at radius 3 is 2.73 bits per heavy atom. The zero-order chi connectivity index (χ0) is 18.7. The van der Waals surface area contributed by atoms with Crippen LogP contribution in [0.2, 0.25) is 0 Å². The minimum atomic E-state index is -2.84. The van der Waals surface area contributed by atoms with Gasteiger partial charge in [0.25, 0.3) is 5.85 Å². The summed E-state index contributed by atoms with van der Waals surface area (Å²) in [5.41, 5.74) is 0.510. The summed E-state index contributed by atoms with van der Waals surface area (Å²) >= 11 is 0. The molecule has 3 N–H and O–H groups in total. The molecule has 2 fully saturated rings. The van der Waals surface area contributed by atoms with E-state index in [1.165, 1.54) is 37.1 Å². The predicted octanol–water partition coefficient (Wildman–Crippen LogP) is 0.421. The second-order valence-electron chi connectivity index (χ2n) is 6.58. The molecule has 0 aromatic carbocycles. The summed E-state index contributed by atoms with van der Waals surface area (Å²) in [6.07, 6.45) is 3.75. The molecule has 1 aliphatic carbocycles. The molecule has 1 aromatic heterocycles. The molecule has 0 amide bonds. The van der Waals surface area contributed by atoms with E-state index in [0.29, 0.717) is 6.61 Å². The maximum Gasteiger partial charge on any atom is 0.353 e. The molecule has 1 aliphatic heterocycles. The van der Waals surface area contributed by atoms with Gasteiger partial charge in [0.1, 0.15) is 25.4 Å². The van der Waals surface area contributed by atoms with E-state index in [-0.39, 0.29) is 5.88 Å². The monoisotopic (exact) mass is 370 g/mol. The predicted molar refractivity (Wildman–Crippen MR) is 88.2 cm³/mol. The molecule has 3 rings (SSSR count). The smallest absolute Gasteiger partial charge is 0.353 e. The Labute approximate surface area is 149 Å². The number of nitrogens with zero attached hydrogens (tertiary/aromatic N) is 2. The standard InChI is InChI=1S/C17H23FN2O6/c18-17(10-21)14(23)13(22)15(26-17)20-8-6-12(19-16(20)24)25-9-7-11-4-2-1-3-5-11/h6-8,13-15,21-23H,1-5,9-10H2/t13-,14+,15-,17-/m1/s1. The van der Waals surface area contributed by atoms with E-state index in [9.17, 15) is 19.4 Å². The molecule has 1 saturated heterocycles. The zero-order valence-electron chi connectivity index (χ0n) is 14.3. The Balaban J connectivity index is 1.67. The maximum atomic E-state index is 14.1. The number of halogens is 1. The Morgan fingerprint density at radius 1 is 1.38 bits per heavy atom. The van der Waals surface area contributed by atoms with Gasteiger partial charge in [0.2, 0.25) is 5.88 Å². The fourth-order valence-electron chi connectivity index (χ4n) is 3.23. The van der Waals surface area contributed by atoms with Crippen LogP contribution in [0.1, 0.15) is 38.3 Å². The number of rotatable bonds is 5. The van der Waals surface area contributed by atoms with Crippen molar-refractivity contribution < 1.29 is 29.2 Å². The molecule has 26 heavy (non-hydrogen) atoms. The van der Waals surface area contributed by atoms with Gasteiger partial charge in [0, 0.05) is 12.3 Å². The lowest BCUT2D eigenvalue weighted by molar-refractivity contribution is -0.207. The summed E-state index contributed by atoms with van der Waals surface area (Å²) < 4.78 is 25.3. The highest BCUT2D eigenvalue weighted by Gasteiger charge is 2.55. The van der Waals surface area contributed by atoms with E-state index >= 15 is 0 Å². The summed E-state index contributed by atoms with van der Waals surface area (Å²) in [4.78, 5) is 15.9. The van der Waals surface area contributed by atoms with E-state index in [0.717, 1.165) is 17.4 Å². The number of aromatic nitrogens is 2. The van der Waals surface area contributed by atoms with Crippen LogP contribution < -0.4 is 10.4 Å². The van der Waals surface area contributed by atoms with Crippen LogP contribution in [-0.2, 0) is 4.74 Å². The fraction of sp³-hybridized carbons (Fsp3) is 0.647. The van der Waals surface area contributed by atoms with Gasteiger partial charge in [-0.15, -0.1) is 0 Å². The number of alkyl halides is 1. The molecule has 0 unspecified atom stereocenters. The van der Waals surface area contributed by atoms with Gasteiger partial charge >= 0.3 is 5.69 Å². The molecule has 1 saturated carbocycles. The van der Waals surface area contributed by atoms with Crippen LogP contribution >= 0.6 is 0 Å². The Hall–Kier alpha value is -1.81. The SMILES string of the molecule is O=c1nc(OCC=C2CCCCC2)ccn1[C@@H]1O[C@](F)(CO)[C@@H](O)[C@H]1O. The maximum absolute atomic E-state index is 14.1. The van der Waals surface area contributed by atoms with E-state index < -0.39 is 36.6 Å². The number of aliphatic hydroxyl groups is 3. The molecule has 0 bridgehead atoms.